The fourth-order valence-electron chi connectivity index (χ4n) is 3.07. The van der Waals surface area contributed by atoms with Crippen LogP contribution in [0.4, 0.5) is 20.6 Å². The quantitative estimate of drug-likeness (QED) is 0.749. The summed E-state index contributed by atoms with van der Waals surface area (Å²) in [6.07, 6.45) is 0.572. The first-order valence-electron chi connectivity index (χ1n) is 7.11. The van der Waals surface area contributed by atoms with Crippen molar-refractivity contribution in [2.45, 2.75) is 32.2 Å². The molecule has 0 radical (unpaired) electrons. The van der Waals surface area contributed by atoms with Crippen LogP contribution in [-0.4, -0.2) is 29.8 Å². The topological polar surface area (TPSA) is 78.6 Å². The van der Waals surface area contributed by atoms with Gasteiger partial charge in [0.05, 0.1) is 11.4 Å². The van der Waals surface area contributed by atoms with E-state index in [0.29, 0.717) is 24.5 Å². The van der Waals surface area contributed by atoms with Gasteiger partial charge >= 0.3 is 6.09 Å². The van der Waals surface area contributed by atoms with Gasteiger partial charge in [-0.25, -0.2) is 9.18 Å². The molecule has 1 aromatic carbocycles. The standard InChI is InChI=1S/C15H22FN3O2/c1-15(2,18-14(20)21)10-6-8-19(9-7-10)13-11(16)4-3-5-12(13)17/h3-5,10,18H,6-9,17H2,1-2H3,(H,20,21). The minimum Gasteiger partial charge on any atom is -0.465 e. The molecule has 1 aliphatic rings. The van der Waals surface area contributed by atoms with Gasteiger partial charge in [0.25, 0.3) is 0 Å². The Hall–Kier alpha value is -1.98. The van der Waals surface area contributed by atoms with Crippen molar-refractivity contribution >= 4 is 17.5 Å². The van der Waals surface area contributed by atoms with Gasteiger partial charge in [0.2, 0.25) is 0 Å². The lowest BCUT2D eigenvalue weighted by Gasteiger charge is -2.41. The molecule has 1 heterocycles. The van der Waals surface area contributed by atoms with E-state index in [1.165, 1.54) is 6.07 Å². The molecule has 0 aliphatic carbocycles. The van der Waals surface area contributed by atoms with Gasteiger partial charge in [-0.15, -0.1) is 0 Å². The summed E-state index contributed by atoms with van der Waals surface area (Å²) in [7, 11) is 0. The van der Waals surface area contributed by atoms with Gasteiger partial charge in [-0.1, -0.05) is 6.07 Å². The van der Waals surface area contributed by atoms with Crippen molar-refractivity contribution < 1.29 is 14.3 Å². The third-order valence-corrected chi connectivity index (χ3v) is 4.28. The van der Waals surface area contributed by atoms with E-state index in [-0.39, 0.29) is 11.7 Å². The second kappa shape index (κ2) is 5.79. The maximum absolute atomic E-state index is 13.9. The van der Waals surface area contributed by atoms with Crippen molar-refractivity contribution in [1.82, 2.24) is 5.32 Å². The van der Waals surface area contributed by atoms with Crippen LogP contribution in [0.2, 0.25) is 0 Å². The highest BCUT2D eigenvalue weighted by molar-refractivity contribution is 5.68. The van der Waals surface area contributed by atoms with E-state index >= 15 is 0 Å². The average molecular weight is 295 g/mol. The van der Waals surface area contributed by atoms with Crippen LogP contribution in [0.25, 0.3) is 0 Å². The number of nitrogens with zero attached hydrogens (tertiary/aromatic N) is 1. The normalized spacial score (nSPS) is 16.8. The lowest BCUT2D eigenvalue weighted by molar-refractivity contribution is 0.159. The van der Waals surface area contributed by atoms with E-state index in [4.69, 9.17) is 10.8 Å². The van der Waals surface area contributed by atoms with Gasteiger partial charge in [-0.2, -0.15) is 0 Å². The molecule has 116 valence electrons. The highest BCUT2D eigenvalue weighted by Crippen LogP contribution is 2.34. The first-order chi connectivity index (χ1) is 9.81. The average Bonchev–Trinajstić information content (AvgIpc) is 2.37. The number of rotatable bonds is 3. The third-order valence-electron chi connectivity index (χ3n) is 4.28. The van der Waals surface area contributed by atoms with E-state index in [0.717, 1.165) is 12.8 Å². The predicted octanol–water partition coefficient (Wildman–Crippen LogP) is 2.67. The maximum atomic E-state index is 13.9. The molecule has 2 rings (SSSR count). The molecule has 5 nitrogen and oxygen atoms in total. The van der Waals surface area contributed by atoms with Crippen molar-refractivity contribution in [2.75, 3.05) is 23.7 Å². The lowest BCUT2D eigenvalue weighted by Crippen LogP contribution is -2.52. The largest absolute Gasteiger partial charge is 0.465 e. The van der Waals surface area contributed by atoms with E-state index in [1.807, 2.05) is 18.7 Å². The van der Waals surface area contributed by atoms with Crippen molar-refractivity contribution in [1.29, 1.82) is 0 Å². The Morgan fingerprint density at radius 3 is 2.57 bits per heavy atom. The summed E-state index contributed by atoms with van der Waals surface area (Å²) in [5, 5.41) is 11.5. The van der Waals surface area contributed by atoms with Gasteiger partial charge in [-0.05, 0) is 44.7 Å². The maximum Gasteiger partial charge on any atom is 0.405 e. The fraction of sp³-hybridized carbons (Fsp3) is 0.533. The van der Waals surface area contributed by atoms with E-state index < -0.39 is 11.6 Å². The summed E-state index contributed by atoms with van der Waals surface area (Å²) >= 11 is 0. The number of halogens is 1. The number of nitrogens with two attached hydrogens (primary N) is 1. The number of amides is 1. The first-order valence-corrected chi connectivity index (χ1v) is 7.11. The zero-order chi connectivity index (χ0) is 15.6. The van der Waals surface area contributed by atoms with Crippen LogP contribution in [0, 0.1) is 11.7 Å². The summed E-state index contributed by atoms with van der Waals surface area (Å²) in [4.78, 5) is 12.8. The molecule has 0 spiro atoms. The first kappa shape index (κ1) is 15.4. The molecular formula is C15H22FN3O2. The van der Waals surface area contributed by atoms with Crippen molar-refractivity contribution in [3.8, 4) is 0 Å². The molecule has 21 heavy (non-hydrogen) atoms. The monoisotopic (exact) mass is 295 g/mol. The second-order valence-electron chi connectivity index (χ2n) is 6.09. The van der Waals surface area contributed by atoms with Crippen molar-refractivity contribution in [3.63, 3.8) is 0 Å². The van der Waals surface area contributed by atoms with Crippen LogP contribution in [-0.2, 0) is 0 Å². The molecule has 0 bridgehead atoms. The van der Waals surface area contributed by atoms with Gasteiger partial charge in [0.15, 0.2) is 0 Å². The minimum atomic E-state index is -1.01. The zero-order valence-corrected chi connectivity index (χ0v) is 12.4. The molecule has 1 fully saturated rings. The van der Waals surface area contributed by atoms with Crippen LogP contribution in [0.5, 0.6) is 0 Å². The SMILES string of the molecule is CC(C)(NC(=O)O)C1CCN(c2c(N)cccc2F)CC1. The molecule has 6 heteroatoms. The third kappa shape index (κ3) is 3.37. The predicted molar refractivity (Wildman–Crippen MR) is 81.0 cm³/mol. The molecule has 1 saturated heterocycles. The summed E-state index contributed by atoms with van der Waals surface area (Å²) in [6, 6.07) is 4.70. The Balaban J connectivity index is 2.05. The van der Waals surface area contributed by atoms with Gasteiger partial charge in [0.1, 0.15) is 5.82 Å². The molecule has 1 aliphatic heterocycles. The van der Waals surface area contributed by atoms with Crippen LogP contribution in [0.15, 0.2) is 18.2 Å². The van der Waals surface area contributed by atoms with E-state index in [1.54, 1.807) is 12.1 Å². The molecule has 0 aromatic heterocycles. The number of anilines is 2. The van der Waals surface area contributed by atoms with Gasteiger partial charge in [-0.3, -0.25) is 0 Å². The van der Waals surface area contributed by atoms with Gasteiger partial charge < -0.3 is 21.1 Å². The lowest BCUT2D eigenvalue weighted by atomic mass is 9.80. The molecule has 0 atom stereocenters. The van der Waals surface area contributed by atoms with Crippen LogP contribution in [0.1, 0.15) is 26.7 Å². The molecule has 0 saturated carbocycles. The van der Waals surface area contributed by atoms with Gasteiger partial charge in [0, 0.05) is 18.6 Å². The summed E-state index contributed by atoms with van der Waals surface area (Å²) < 4.78 is 13.9. The number of benzene rings is 1. The molecule has 1 aromatic rings. The summed E-state index contributed by atoms with van der Waals surface area (Å²) in [5.74, 6) is -0.0887. The number of piperidine rings is 1. The smallest absolute Gasteiger partial charge is 0.405 e. The number of nitrogen functional groups attached to an aromatic ring is 1. The Morgan fingerprint density at radius 1 is 1.43 bits per heavy atom. The van der Waals surface area contributed by atoms with E-state index in [2.05, 4.69) is 5.32 Å². The second-order valence-corrected chi connectivity index (χ2v) is 6.09. The number of hydrogen-bond donors (Lipinski definition) is 3. The molecular weight excluding hydrogens is 273 g/mol. The van der Waals surface area contributed by atoms with E-state index in [9.17, 15) is 9.18 Å². The number of carbonyl (C=O) groups is 1. The molecule has 0 unspecified atom stereocenters. The Morgan fingerprint density at radius 2 is 2.05 bits per heavy atom. The van der Waals surface area contributed by atoms with Crippen LogP contribution >= 0.6 is 0 Å². The highest BCUT2D eigenvalue weighted by atomic mass is 19.1. The Kier molecular flexibility index (Phi) is 4.25. The van der Waals surface area contributed by atoms with Crippen LogP contribution in [0.3, 0.4) is 0 Å². The van der Waals surface area contributed by atoms with Crippen molar-refractivity contribution in [2.24, 2.45) is 5.92 Å². The minimum absolute atomic E-state index is 0.220. The fourth-order valence-corrected chi connectivity index (χ4v) is 3.07. The van der Waals surface area contributed by atoms with Crippen molar-refractivity contribution in [3.05, 3.63) is 24.0 Å². The molecule has 1 amide bonds. The Bertz CT molecular complexity index is 505. The van der Waals surface area contributed by atoms with Crippen LogP contribution < -0.4 is 16.0 Å². The number of para-hydroxylation sites is 1. The summed E-state index contributed by atoms with van der Waals surface area (Å²) in [6.45, 7) is 5.11. The number of carboxylic acid groups (broad SMARTS) is 1. The summed E-state index contributed by atoms with van der Waals surface area (Å²) in [5.41, 5.74) is 6.28. The molecule has 4 N–H and O–H groups in total. The number of hydrogen-bond acceptors (Lipinski definition) is 3. The highest BCUT2D eigenvalue weighted by Gasteiger charge is 2.34. The Labute approximate surface area is 123 Å². The zero-order valence-electron chi connectivity index (χ0n) is 12.4. The number of nitrogens with one attached hydrogen (secondary N) is 1.